The summed E-state index contributed by atoms with van der Waals surface area (Å²) in [6.07, 6.45) is 3.69. The van der Waals surface area contributed by atoms with E-state index in [1.54, 1.807) is 18.7 Å². The fourth-order valence-electron chi connectivity index (χ4n) is 2.15. The van der Waals surface area contributed by atoms with Crippen molar-refractivity contribution in [1.29, 1.82) is 0 Å². The highest BCUT2D eigenvalue weighted by Gasteiger charge is 2.22. The molecule has 0 aromatic carbocycles. The van der Waals surface area contributed by atoms with Crippen molar-refractivity contribution in [3.63, 3.8) is 0 Å². The summed E-state index contributed by atoms with van der Waals surface area (Å²) in [5, 5.41) is 4.45. The van der Waals surface area contributed by atoms with Crippen LogP contribution < -0.4 is 0 Å². The summed E-state index contributed by atoms with van der Waals surface area (Å²) in [6.45, 7) is 5.06. The van der Waals surface area contributed by atoms with Gasteiger partial charge in [-0.1, -0.05) is 0 Å². The Morgan fingerprint density at radius 2 is 2.05 bits per heavy atom. The number of sulfonamides is 1. The minimum absolute atomic E-state index is 0.0821. The van der Waals surface area contributed by atoms with Crippen LogP contribution in [0.15, 0.2) is 23.6 Å². The summed E-state index contributed by atoms with van der Waals surface area (Å²) in [4.78, 5) is 3.91. The molecule has 0 saturated carbocycles. The smallest absolute Gasteiger partial charge is 0.261 e. The molecule has 2 aromatic rings. The maximum absolute atomic E-state index is 12.3. The third-order valence-electron chi connectivity index (χ3n) is 3.30. The highest BCUT2D eigenvalue weighted by molar-refractivity contribution is 7.89. The Labute approximate surface area is 125 Å². The van der Waals surface area contributed by atoms with E-state index in [0.29, 0.717) is 19.5 Å². The molecule has 0 saturated heterocycles. The molecule has 0 unspecified atom stereocenters. The Kier molecular flexibility index (Phi) is 4.48. The fourth-order valence-corrected chi connectivity index (χ4v) is 3.31. The summed E-state index contributed by atoms with van der Waals surface area (Å²) in [5.74, 6) is 0. The van der Waals surface area contributed by atoms with Crippen LogP contribution in [0.1, 0.15) is 17.8 Å². The van der Waals surface area contributed by atoms with E-state index in [9.17, 15) is 8.42 Å². The van der Waals surface area contributed by atoms with Crippen LogP contribution >= 0.6 is 0 Å². The predicted octanol–water partition coefficient (Wildman–Crippen LogP) is 0.944. The van der Waals surface area contributed by atoms with Crippen molar-refractivity contribution in [3.8, 4) is 0 Å². The monoisotopic (exact) mass is 311 g/mol. The SMILES string of the molecule is Cc1cc(C)n(CCCN(C)S(=O)(=O)c2cn(C)cn2)n1. The average Bonchev–Trinajstić information content (AvgIpc) is 2.96. The van der Waals surface area contributed by atoms with Crippen LogP contribution in [-0.2, 0) is 23.6 Å². The van der Waals surface area contributed by atoms with Gasteiger partial charge in [0.15, 0.2) is 5.03 Å². The second kappa shape index (κ2) is 5.98. The minimum Gasteiger partial charge on any atom is -0.339 e. The second-order valence-corrected chi connectivity index (χ2v) is 7.20. The van der Waals surface area contributed by atoms with Crippen LogP contribution in [0.4, 0.5) is 0 Å². The molecule has 0 spiro atoms. The lowest BCUT2D eigenvalue weighted by Gasteiger charge is -2.15. The maximum Gasteiger partial charge on any atom is 0.261 e. The minimum atomic E-state index is -3.51. The zero-order valence-corrected chi connectivity index (χ0v) is 13.6. The van der Waals surface area contributed by atoms with Crippen molar-refractivity contribution < 1.29 is 8.42 Å². The van der Waals surface area contributed by atoms with Gasteiger partial charge in [-0.05, 0) is 26.3 Å². The summed E-state index contributed by atoms with van der Waals surface area (Å²) < 4.78 is 29.4. The largest absolute Gasteiger partial charge is 0.339 e. The molecule has 2 rings (SSSR count). The molecule has 21 heavy (non-hydrogen) atoms. The predicted molar refractivity (Wildman–Crippen MR) is 79.3 cm³/mol. The summed E-state index contributed by atoms with van der Waals surface area (Å²) in [6, 6.07) is 2.01. The van der Waals surface area contributed by atoms with Gasteiger partial charge >= 0.3 is 0 Å². The molecular weight excluding hydrogens is 290 g/mol. The van der Waals surface area contributed by atoms with Gasteiger partial charge in [0, 0.05) is 39.1 Å². The Morgan fingerprint density at radius 3 is 2.57 bits per heavy atom. The molecule has 0 aliphatic carbocycles. The maximum atomic E-state index is 12.3. The second-order valence-electron chi connectivity index (χ2n) is 5.21. The third-order valence-corrected chi connectivity index (χ3v) is 5.04. The zero-order valence-electron chi connectivity index (χ0n) is 12.8. The van der Waals surface area contributed by atoms with Crippen molar-refractivity contribution >= 4 is 10.0 Å². The van der Waals surface area contributed by atoms with Gasteiger partial charge in [-0.2, -0.15) is 9.40 Å². The van der Waals surface area contributed by atoms with E-state index in [-0.39, 0.29) is 5.03 Å². The molecule has 2 aromatic heterocycles. The first kappa shape index (κ1) is 15.7. The third kappa shape index (κ3) is 3.51. The van der Waals surface area contributed by atoms with Gasteiger partial charge in [0.1, 0.15) is 0 Å². The normalized spacial score (nSPS) is 12.2. The molecular formula is C13H21N5O2S. The lowest BCUT2D eigenvalue weighted by atomic mass is 10.4. The number of hydrogen-bond acceptors (Lipinski definition) is 4. The van der Waals surface area contributed by atoms with Crippen LogP contribution in [0, 0.1) is 13.8 Å². The number of imidazole rings is 1. The fraction of sp³-hybridized carbons (Fsp3) is 0.538. The van der Waals surface area contributed by atoms with Crippen LogP contribution in [0.3, 0.4) is 0 Å². The van der Waals surface area contributed by atoms with E-state index in [2.05, 4.69) is 10.1 Å². The van der Waals surface area contributed by atoms with Gasteiger partial charge in [0.05, 0.1) is 12.0 Å². The van der Waals surface area contributed by atoms with Crippen LogP contribution in [0.2, 0.25) is 0 Å². The van der Waals surface area contributed by atoms with Gasteiger partial charge in [0.25, 0.3) is 10.0 Å². The Hall–Kier alpha value is -1.67. The van der Waals surface area contributed by atoms with Crippen LogP contribution in [-0.4, -0.2) is 45.6 Å². The summed E-state index contributed by atoms with van der Waals surface area (Å²) in [7, 11) is -0.186. The number of aryl methyl sites for hydroxylation is 4. The van der Waals surface area contributed by atoms with E-state index in [0.717, 1.165) is 11.4 Å². The van der Waals surface area contributed by atoms with Crippen molar-refractivity contribution in [2.24, 2.45) is 7.05 Å². The zero-order chi connectivity index (χ0) is 15.6. The van der Waals surface area contributed by atoms with Gasteiger partial charge in [-0.15, -0.1) is 0 Å². The molecule has 8 heteroatoms. The first-order valence-electron chi connectivity index (χ1n) is 6.76. The molecule has 0 N–H and O–H groups in total. The van der Waals surface area contributed by atoms with Gasteiger partial charge in [-0.25, -0.2) is 13.4 Å². The molecule has 7 nitrogen and oxygen atoms in total. The average molecular weight is 311 g/mol. The van der Waals surface area contributed by atoms with Crippen molar-refractivity contribution in [1.82, 2.24) is 23.6 Å². The lowest BCUT2D eigenvalue weighted by molar-refractivity contribution is 0.434. The Bertz CT molecular complexity index is 717. The topological polar surface area (TPSA) is 73.0 Å². The Morgan fingerprint density at radius 1 is 1.33 bits per heavy atom. The molecule has 0 fully saturated rings. The molecule has 0 radical (unpaired) electrons. The molecule has 0 amide bonds. The molecule has 0 aliphatic rings. The van der Waals surface area contributed by atoms with Gasteiger partial charge in [-0.3, -0.25) is 4.68 Å². The number of aromatic nitrogens is 4. The van der Waals surface area contributed by atoms with Crippen LogP contribution in [0.5, 0.6) is 0 Å². The molecule has 0 aliphatic heterocycles. The van der Waals surface area contributed by atoms with Crippen molar-refractivity contribution in [3.05, 3.63) is 30.0 Å². The standard InChI is InChI=1S/C13H21N5O2S/c1-11-8-12(2)18(15-11)7-5-6-17(4)21(19,20)13-9-16(3)10-14-13/h8-10H,5-7H2,1-4H3. The van der Waals surface area contributed by atoms with E-state index < -0.39 is 10.0 Å². The van der Waals surface area contributed by atoms with E-state index in [1.807, 2.05) is 24.6 Å². The first-order chi connectivity index (χ1) is 9.80. The van der Waals surface area contributed by atoms with Crippen LogP contribution in [0.25, 0.3) is 0 Å². The van der Waals surface area contributed by atoms with Crippen molar-refractivity contribution in [2.45, 2.75) is 31.8 Å². The lowest BCUT2D eigenvalue weighted by Crippen LogP contribution is -2.29. The molecule has 116 valence electrons. The highest BCUT2D eigenvalue weighted by Crippen LogP contribution is 2.12. The van der Waals surface area contributed by atoms with E-state index >= 15 is 0 Å². The summed E-state index contributed by atoms with van der Waals surface area (Å²) in [5.41, 5.74) is 2.06. The Balaban J connectivity index is 1.95. The highest BCUT2D eigenvalue weighted by atomic mass is 32.2. The molecule has 0 atom stereocenters. The number of hydrogen-bond donors (Lipinski definition) is 0. The number of nitrogens with zero attached hydrogens (tertiary/aromatic N) is 5. The van der Waals surface area contributed by atoms with Gasteiger partial charge < -0.3 is 4.57 Å². The molecule has 2 heterocycles. The first-order valence-corrected chi connectivity index (χ1v) is 8.20. The number of rotatable bonds is 6. The summed E-state index contributed by atoms with van der Waals surface area (Å²) >= 11 is 0. The quantitative estimate of drug-likeness (QED) is 0.796. The van der Waals surface area contributed by atoms with Gasteiger partial charge in [0.2, 0.25) is 0 Å². The van der Waals surface area contributed by atoms with Crippen molar-refractivity contribution in [2.75, 3.05) is 13.6 Å². The molecule has 0 bridgehead atoms. The van der Waals surface area contributed by atoms with E-state index in [4.69, 9.17) is 0 Å². The van der Waals surface area contributed by atoms with E-state index in [1.165, 1.54) is 16.8 Å².